The molecule has 0 spiro atoms. The van der Waals surface area contributed by atoms with Gasteiger partial charge in [-0.2, -0.15) is 9.59 Å². The Kier molecular flexibility index (Phi) is 6.93. The molecular formula is C22H25N5O3. The molecule has 0 saturated heterocycles. The van der Waals surface area contributed by atoms with Crippen molar-refractivity contribution in [2.24, 2.45) is 0 Å². The molecule has 0 amide bonds. The normalized spacial score (nSPS) is 18.1. The molecule has 156 valence electrons. The highest BCUT2D eigenvalue weighted by molar-refractivity contribution is 5.95. The van der Waals surface area contributed by atoms with Crippen molar-refractivity contribution in [1.82, 2.24) is 15.0 Å². The van der Waals surface area contributed by atoms with Gasteiger partial charge in [0, 0.05) is 23.6 Å². The second-order valence-corrected chi connectivity index (χ2v) is 7.31. The van der Waals surface area contributed by atoms with Crippen LogP contribution in [0.1, 0.15) is 37.2 Å². The first-order valence-electron chi connectivity index (χ1n) is 9.88. The van der Waals surface area contributed by atoms with Crippen LogP contribution in [-0.2, 0) is 9.59 Å². The van der Waals surface area contributed by atoms with Gasteiger partial charge in [-0.15, -0.1) is 0 Å². The van der Waals surface area contributed by atoms with Crippen molar-refractivity contribution in [1.29, 1.82) is 0 Å². The van der Waals surface area contributed by atoms with Crippen molar-refractivity contribution < 1.29 is 14.3 Å². The van der Waals surface area contributed by atoms with E-state index < -0.39 is 0 Å². The summed E-state index contributed by atoms with van der Waals surface area (Å²) in [6.07, 6.45) is 6.33. The van der Waals surface area contributed by atoms with E-state index in [-0.39, 0.29) is 12.3 Å². The Morgan fingerprint density at radius 1 is 1.10 bits per heavy atom. The van der Waals surface area contributed by atoms with Crippen molar-refractivity contribution in [3.63, 3.8) is 0 Å². The maximum absolute atomic E-state index is 8.12. The van der Waals surface area contributed by atoms with E-state index in [1.807, 2.05) is 44.2 Å². The number of nitrogens with two attached hydrogens (primary N) is 1. The third-order valence-electron chi connectivity index (χ3n) is 5.05. The third-order valence-corrected chi connectivity index (χ3v) is 5.05. The molecule has 0 bridgehead atoms. The Morgan fingerprint density at radius 3 is 2.53 bits per heavy atom. The number of ether oxygens (including phenoxy) is 1. The summed E-state index contributed by atoms with van der Waals surface area (Å²) in [6.45, 7) is 3.86. The van der Waals surface area contributed by atoms with Crippen LogP contribution in [0.2, 0.25) is 0 Å². The third kappa shape index (κ3) is 5.30. The Bertz CT molecular complexity index is 1040. The van der Waals surface area contributed by atoms with Crippen molar-refractivity contribution in [2.45, 2.75) is 51.7 Å². The van der Waals surface area contributed by atoms with Gasteiger partial charge in [0.15, 0.2) is 0 Å². The summed E-state index contributed by atoms with van der Waals surface area (Å²) < 4.78 is 6.33. The fraction of sp³-hybridized carbons (Fsp3) is 0.364. The molecule has 1 saturated carbocycles. The Hall–Kier alpha value is -3.51. The molecule has 8 nitrogen and oxygen atoms in total. The molecule has 4 rings (SSSR count). The number of nitrogen functional groups attached to an aromatic ring is 1. The predicted molar refractivity (Wildman–Crippen MR) is 113 cm³/mol. The molecule has 3 N–H and O–H groups in total. The summed E-state index contributed by atoms with van der Waals surface area (Å²) in [7, 11) is 0. The van der Waals surface area contributed by atoms with Gasteiger partial charge < -0.3 is 15.8 Å². The molecule has 2 heterocycles. The highest BCUT2D eigenvalue weighted by atomic mass is 16.5. The number of rotatable bonds is 4. The van der Waals surface area contributed by atoms with Gasteiger partial charge in [0.25, 0.3) is 0 Å². The number of benzene rings is 1. The number of aromatic nitrogens is 3. The van der Waals surface area contributed by atoms with E-state index in [1.165, 1.54) is 0 Å². The van der Waals surface area contributed by atoms with Crippen molar-refractivity contribution >= 4 is 28.6 Å². The Balaban J connectivity index is 0.000000806. The van der Waals surface area contributed by atoms with Crippen molar-refractivity contribution in [2.75, 3.05) is 11.1 Å². The van der Waals surface area contributed by atoms with Crippen LogP contribution in [0, 0.1) is 13.8 Å². The fourth-order valence-corrected chi connectivity index (χ4v) is 3.77. The maximum atomic E-state index is 8.12. The van der Waals surface area contributed by atoms with Crippen LogP contribution < -0.4 is 15.8 Å². The predicted octanol–water partition coefficient (Wildman–Crippen LogP) is 3.44. The van der Waals surface area contributed by atoms with Crippen LogP contribution >= 0.6 is 0 Å². The molecule has 0 unspecified atom stereocenters. The molecule has 2 aromatic heterocycles. The minimum atomic E-state index is 0.196. The number of anilines is 2. The maximum Gasteiger partial charge on any atom is 0.373 e. The zero-order valence-electron chi connectivity index (χ0n) is 17.1. The van der Waals surface area contributed by atoms with E-state index >= 15 is 0 Å². The molecular weight excluding hydrogens is 382 g/mol. The number of fused-ring (bicyclic) bond motifs is 1. The number of aryl methyl sites for hydroxylation is 2. The van der Waals surface area contributed by atoms with Gasteiger partial charge >= 0.3 is 6.15 Å². The fourth-order valence-electron chi connectivity index (χ4n) is 3.77. The van der Waals surface area contributed by atoms with Gasteiger partial charge in [0.2, 0.25) is 0 Å². The molecule has 3 aromatic rings. The highest BCUT2D eigenvalue weighted by Gasteiger charge is 2.23. The topological polar surface area (TPSA) is 120 Å². The number of nitrogens with zero attached hydrogens (tertiary/aromatic N) is 3. The minimum Gasteiger partial charge on any atom is -0.490 e. The first-order chi connectivity index (χ1) is 14.5. The van der Waals surface area contributed by atoms with Crippen LogP contribution in [0.4, 0.5) is 11.5 Å². The van der Waals surface area contributed by atoms with E-state index in [2.05, 4.69) is 20.3 Å². The summed E-state index contributed by atoms with van der Waals surface area (Å²) in [5.74, 6) is 2.52. The second-order valence-electron chi connectivity index (χ2n) is 7.31. The smallest absolute Gasteiger partial charge is 0.373 e. The molecule has 30 heavy (non-hydrogen) atoms. The summed E-state index contributed by atoms with van der Waals surface area (Å²) >= 11 is 0. The van der Waals surface area contributed by atoms with E-state index in [4.69, 9.17) is 20.1 Å². The quantitative estimate of drug-likeness (QED) is 0.675. The zero-order chi connectivity index (χ0) is 21.5. The molecule has 1 aliphatic rings. The summed E-state index contributed by atoms with van der Waals surface area (Å²) in [6, 6.07) is 10.2. The van der Waals surface area contributed by atoms with Crippen LogP contribution in [-0.4, -0.2) is 33.2 Å². The largest absolute Gasteiger partial charge is 0.490 e. The molecule has 0 aliphatic heterocycles. The van der Waals surface area contributed by atoms with Gasteiger partial charge in [0.1, 0.15) is 17.4 Å². The van der Waals surface area contributed by atoms with Gasteiger partial charge in [0.05, 0.1) is 17.0 Å². The van der Waals surface area contributed by atoms with E-state index in [1.54, 1.807) is 6.20 Å². The monoisotopic (exact) mass is 407 g/mol. The van der Waals surface area contributed by atoms with Crippen molar-refractivity contribution in [3.8, 4) is 5.75 Å². The summed E-state index contributed by atoms with van der Waals surface area (Å²) in [5.41, 5.74) is 8.77. The first-order valence-corrected chi connectivity index (χ1v) is 9.88. The van der Waals surface area contributed by atoms with E-state index in [9.17, 15) is 0 Å². The molecule has 1 aliphatic carbocycles. The van der Waals surface area contributed by atoms with Crippen LogP contribution in [0.15, 0.2) is 36.5 Å². The average Bonchev–Trinajstić information content (AvgIpc) is 2.70. The highest BCUT2D eigenvalue weighted by Crippen LogP contribution is 2.33. The Morgan fingerprint density at radius 2 is 1.83 bits per heavy atom. The first kappa shape index (κ1) is 21.2. The standard InChI is InChI=1S/C21H25N5O.CO2/c1-13-12-17(22)21-18(24-13)4-3-5-19(21)27-16-8-6-15(7-9-16)26-20-10-11-23-14(2)25-20;2-1-3/h3-5,10-12,15-16H,6-9H2,1-2H3,(H2,22,24)(H,23,25,26);. The molecule has 1 aromatic carbocycles. The lowest BCUT2D eigenvalue weighted by atomic mass is 9.93. The van der Waals surface area contributed by atoms with Gasteiger partial charge in [-0.05, 0) is 63.8 Å². The number of nitrogens with one attached hydrogen (secondary N) is 1. The zero-order valence-corrected chi connectivity index (χ0v) is 17.1. The van der Waals surface area contributed by atoms with Crippen LogP contribution in [0.3, 0.4) is 0 Å². The minimum absolute atomic E-state index is 0.196. The lowest BCUT2D eigenvalue weighted by Crippen LogP contribution is -2.31. The number of pyridine rings is 1. The second kappa shape index (κ2) is 9.80. The van der Waals surface area contributed by atoms with Crippen LogP contribution in [0.5, 0.6) is 5.75 Å². The van der Waals surface area contributed by atoms with Crippen molar-refractivity contribution in [3.05, 3.63) is 48.0 Å². The molecule has 0 atom stereocenters. The van der Waals surface area contributed by atoms with Gasteiger partial charge in [-0.3, -0.25) is 4.98 Å². The van der Waals surface area contributed by atoms with E-state index in [0.29, 0.717) is 6.04 Å². The lowest BCUT2D eigenvalue weighted by molar-refractivity contribution is -0.191. The number of carbonyl (C=O) groups excluding carboxylic acids is 2. The lowest BCUT2D eigenvalue weighted by Gasteiger charge is -2.30. The summed E-state index contributed by atoms with van der Waals surface area (Å²) in [4.78, 5) is 29.4. The van der Waals surface area contributed by atoms with E-state index in [0.717, 1.165) is 65.4 Å². The van der Waals surface area contributed by atoms with Gasteiger partial charge in [-0.1, -0.05) is 6.07 Å². The van der Waals surface area contributed by atoms with Gasteiger partial charge in [-0.25, -0.2) is 9.97 Å². The Labute approximate surface area is 174 Å². The number of hydrogen-bond donors (Lipinski definition) is 2. The molecule has 1 fully saturated rings. The molecule has 0 radical (unpaired) electrons. The average molecular weight is 407 g/mol. The molecule has 8 heteroatoms. The number of hydrogen-bond acceptors (Lipinski definition) is 8. The summed E-state index contributed by atoms with van der Waals surface area (Å²) in [5, 5.41) is 4.43. The van der Waals surface area contributed by atoms with Crippen LogP contribution in [0.25, 0.3) is 10.9 Å². The SMILES string of the molecule is Cc1cc(N)c2c(OC3CCC(Nc4ccnc(C)n4)CC3)cccc2n1.O=C=O.